The molecule has 0 aliphatic carbocycles. The Morgan fingerprint density at radius 2 is 1.83 bits per heavy atom. The smallest absolute Gasteiger partial charge is 0.178 e. The van der Waals surface area contributed by atoms with Crippen molar-refractivity contribution in [3.05, 3.63) is 36.0 Å². The molecule has 0 atom stereocenters. The average Bonchev–Trinajstić information content (AvgIpc) is 2.03. The molecule has 12 heavy (non-hydrogen) atoms. The third-order valence-electron chi connectivity index (χ3n) is 1.38. The van der Waals surface area contributed by atoms with E-state index < -0.39 is 0 Å². The van der Waals surface area contributed by atoms with Gasteiger partial charge in [0.15, 0.2) is 5.75 Å². The maximum atomic E-state index is 10.7. The van der Waals surface area contributed by atoms with Crippen LogP contribution in [0.15, 0.2) is 36.0 Å². The highest BCUT2D eigenvalue weighted by molar-refractivity contribution is 5.48. The molecule has 0 bridgehead atoms. The molecule has 0 saturated carbocycles. The van der Waals surface area contributed by atoms with E-state index in [4.69, 9.17) is 0 Å². The van der Waals surface area contributed by atoms with E-state index >= 15 is 0 Å². The fourth-order valence-corrected chi connectivity index (χ4v) is 0.779. The Kier molecular flexibility index (Phi) is 2.75. The normalized spacial score (nSPS) is 9.17. The molecule has 2 heteroatoms. The summed E-state index contributed by atoms with van der Waals surface area (Å²) in [6, 6.07) is 6.62. The largest absolute Gasteiger partial charge is 0.362 e. The van der Waals surface area contributed by atoms with E-state index in [0.717, 1.165) is 5.69 Å². The molecule has 63 valence electrons. The van der Waals surface area contributed by atoms with Crippen LogP contribution in [0, 0.1) is 0 Å². The predicted octanol–water partition coefficient (Wildman–Crippen LogP) is 3.17. The van der Waals surface area contributed by atoms with Gasteiger partial charge in [0.05, 0.1) is 0 Å². The van der Waals surface area contributed by atoms with Crippen LogP contribution in [0.25, 0.3) is 0 Å². The second kappa shape index (κ2) is 3.81. The topological polar surface area (TPSA) is 31.9 Å². The molecule has 1 N–H and O–H groups in total. The lowest BCUT2D eigenvalue weighted by molar-refractivity contribution is 0.355. The number of hydrogen-bond acceptors (Lipinski definition) is 1. The minimum Gasteiger partial charge on any atom is -0.362 e. The molecule has 0 saturated heterocycles. The molecule has 0 aliphatic rings. The molecule has 1 radical (unpaired) electrons. The second-order valence-electron chi connectivity index (χ2n) is 2.89. The average molecular weight is 162 g/mol. The van der Waals surface area contributed by atoms with E-state index in [1.54, 1.807) is 24.3 Å². The van der Waals surface area contributed by atoms with Crippen molar-refractivity contribution in [2.45, 2.75) is 13.8 Å². The van der Waals surface area contributed by atoms with Gasteiger partial charge >= 0.3 is 0 Å². The molecule has 0 amide bonds. The number of rotatable bonds is 2. The van der Waals surface area contributed by atoms with Crippen LogP contribution >= 0.6 is 0 Å². The zero-order valence-corrected chi connectivity index (χ0v) is 7.29. The van der Waals surface area contributed by atoms with Crippen molar-refractivity contribution in [3.63, 3.8) is 0 Å². The van der Waals surface area contributed by atoms with Crippen molar-refractivity contribution in [3.8, 4) is 5.75 Å². The van der Waals surface area contributed by atoms with Crippen molar-refractivity contribution < 1.29 is 5.11 Å². The molecule has 2 nitrogen and oxygen atoms in total. The summed E-state index contributed by atoms with van der Waals surface area (Å²) in [5.41, 5.74) is 2.14. The third kappa shape index (κ3) is 2.66. The van der Waals surface area contributed by atoms with Gasteiger partial charge in [-0.1, -0.05) is 5.57 Å². The van der Waals surface area contributed by atoms with E-state index in [0.29, 0.717) is 0 Å². The Morgan fingerprint density at radius 3 is 2.33 bits per heavy atom. The molecule has 0 unspecified atom stereocenters. The molecule has 0 spiro atoms. The Morgan fingerprint density at radius 1 is 1.25 bits per heavy atom. The van der Waals surface area contributed by atoms with Gasteiger partial charge in [0.2, 0.25) is 0 Å². The third-order valence-corrected chi connectivity index (χ3v) is 1.38. The molecule has 0 fully saturated rings. The fraction of sp³-hybridized carbons (Fsp3) is 0.200. The lowest BCUT2D eigenvalue weighted by Crippen LogP contribution is -1.86. The first-order valence-corrected chi connectivity index (χ1v) is 3.85. The standard InChI is InChI=1S/C10H12NO/c1-8(2)7-11-9-3-5-10(12)6-4-9/h3-7,11H,1-2H3. The van der Waals surface area contributed by atoms with E-state index in [1.165, 1.54) is 5.57 Å². The van der Waals surface area contributed by atoms with Crippen molar-refractivity contribution in [2.24, 2.45) is 0 Å². The number of anilines is 1. The first-order valence-electron chi connectivity index (χ1n) is 3.85. The summed E-state index contributed by atoms with van der Waals surface area (Å²) in [4.78, 5) is 0. The molecular formula is C10H12NO. The Labute approximate surface area is 72.5 Å². The minimum absolute atomic E-state index is 0.0396. The van der Waals surface area contributed by atoms with Gasteiger partial charge in [0, 0.05) is 5.69 Å². The van der Waals surface area contributed by atoms with Gasteiger partial charge in [-0.15, -0.1) is 0 Å². The summed E-state index contributed by atoms with van der Waals surface area (Å²) in [7, 11) is 0. The zero-order chi connectivity index (χ0) is 8.97. The Bertz CT molecular complexity index is 270. The molecular weight excluding hydrogens is 150 g/mol. The Balaban J connectivity index is 2.65. The number of allylic oxidation sites excluding steroid dienone is 1. The second-order valence-corrected chi connectivity index (χ2v) is 2.89. The Hall–Kier alpha value is -1.44. The van der Waals surface area contributed by atoms with Crippen molar-refractivity contribution in [1.29, 1.82) is 0 Å². The predicted molar refractivity (Wildman–Crippen MR) is 49.6 cm³/mol. The quantitative estimate of drug-likeness (QED) is 0.711. The highest BCUT2D eigenvalue weighted by Gasteiger charge is 1.90. The molecule has 1 aromatic rings. The maximum absolute atomic E-state index is 10.7. The van der Waals surface area contributed by atoms with E-state index in [9.17, 15) is 5.11 Å². The molecule has 0 aromatic heterocycles. The summed E-state index contributed by atoms with van der Waals surface area (Å²) in [5, 5.41) is 13.8. The fourth-order valence-electron chi connectivity index (χ4n) is 0.779. The van der Waals surface area contributed by atoms with Crippen LogP contribution in [0.4, 0.5) is 5.69 Å². The van der Waals surface area contributed by atoms with Crippen LogP contribution in [0.2, 0.25) is 0 Å². The molecule has 0 aliphatic heterocycles. The van der Waals surface area contributed by atoms with Crippen LogP contribution in [-0.2, 0) is 5.11 Å². The zero-order valence-electron chi connectivity index (χ0n) is 7.29. The van der Waals surface area contributed by atoms with Crippen molar-refractivity contribution in [1.82, 2.24) is 0 Å². The summed E-state index contributed by atoms with van der Waals surface area (Å²) >= 11 is 0. The molecule has 1 rings (SSSR count). The van der Waals surface area contributed by atoms with Gasteiger partial charge in [-0.25, -0.2) is 0 Å². The van der Waals surface area contributed by atoms with Gasteiger partial charge in [-0.3, -0.25) is 5.11 Å². The first kappa shape index (κ1) is 8.65. The maximum Gasteiger partial charge on any atom is 0.178 e. The number of hydrogen-bond donors (Lipinski definition) is 1. The van der Waals surface area contributed by atoms with Crippen LogP contribution < -0.4 is 5.32 Å². The SMILES string of the molecule is CC(C)=CNc1ccc([O])cc1. The van der Waals surface area contributed by atoms with Crippen LogP contribution in [0.3, 0.4) is 0 Å². The van der Waals surface area contributed by atoms with Crippen LogP contribution in [-0.4, -0.2) is 0 Å². The highest BCUT2D eigenvalue weighted by Crippen LogP contribution is 2.14. The van der Waals surface area contributed by atoms with Gasteiger partial charge in [0.25, 0.3) is 0 Å². The summed E-state index contributed by atoms with van der Waals surface area (Å²) in [6.45, 7) is 4.02. The number of benzene rings is 1. The van der Waals surface area contributed by atoms with Crippen molar-refractivity contribution >= 4 is 5.69 Å². The van der Waals surface area contributed by atoms with E-state index in [1.807, 2.05) is 20.0 Å². The lowest BCUT2D eigenvalue weighted by Gasteiger charge is -1.99. The summed E-state index contributed by atoms with van der Waals surface area (Å²) in [5.74, 6) is 0.0396. The lowest BCUT2D eigenvalue weighted by atomic mass is 10.3. The van der Waals surface area contributed by atoms with Gasteiger partial charge < -0.3 is 5.32 Å². The summed E-state index contributed by atoms with van der Waals surface area (Å²) in [6.07, 6.45) is 1.90. The van der Waals surface area contributed by atoms with E-state index in [-0.39, 0.29) is 5.75 Å². The van der Waals surface area contributed by atoms with Crippen molar-refractivity contribution in [2.75, 3.05) is 5.32 Å². The highest BCUT2D eigenvalue weighted by atomic mass is 16.3. The minimum atomic E-state index is 0.0396. The van der Waals surface area contributed by atoms with Crippen LogP contribution in [0.5, 0.6) is 5.75 Å². The van der Waals surface area contributed by atoms with Gasteiger partial charge in [-0.05, 0) is 44.3 Å². The number of nitrogens with one attached hydrogen (secondary N) is 1. The van der Waals surface area contributed by atoms with E-state index in [2.05, 4.69) is 5.32 Å². The monoisotopic (exact) mass is 162 g/mol. The summed E-state index contributed by atoms with van der Waals surface area (Å²) < 4.78 is 0. The molecule has 1 aromatic carbocycles. The van der Waals surface area contributed by atoms with Gasteiger partial charge in [0.1, 0.15) is 0 Å². The van der Waals surface area contributed by atoms with Crippen LogP contribution in [0.1, 0.15) is 13.8 Å². The molecule has 0 heterocycles. The van der Waals surface area contributed by atoms with Gasteiger partial charge in [-0.2, -0.15) is 0 Å². The first-order chi connectivity index (χ1) is 5.68.